The summed E-state index contributed by atoms with van der Waals surface area (Å²) < 4.78 is 0. The number of rotatable bonds is 5. The molecule has 0 atom stereocenters. The quantitative estimate of drug-likeness (QED) is 0.721. The van der Waals surface area contributed by atoms with Crippen molar-refractivity contribution in [3.05, 3.63) is 65.2 Å². The van der Waals surface area contributed by atoms with Crippen molar-refractivity contribution in [2.24, 2.45) is 0 Å². The van der Waals surface area contributed by atoms with E-state index in [2.05, 4.69) is 16.0 Å². The molecule has 0 bridgehead atoms. The molecule has 136 valence electrons. The highest BCUT2D eigenvalue weighted by Crippen LogP contribution is 2.15. The van der Waals surface area contributed by atoms with Crippen LogP contribution in [0, 0.1) is 6.92 Å². The largest absolute Gasteiger partial charge is 0.350 e. The lowest BCUT2D eigenvalue weighted by Crippen LogP contribution is -2.36. The highest BCUT2D eigenvalue weighted by molar-refractivity contribution is 6.40. The Bertz CT molecular complexity index is 798. The second-order valence-electron chi connectivity index (χ2n) is 6.30. The summed E-state index contributed by atoms with van der Waals surface area (Å²) in [6, 6.07) is 14.2. The van der Waals surface area contributed by atoms with Gasteiger partial charge >= 0.3 is 11.8 Å². The van der Waals surface area contributed by atoms with Gasteiger partial charge in [-0.3, -0.25) is 14.4 Å². The van der Waals surface area contributed by atoms with E-state index in [4.69, 9.17) is 0 Å². The van der Waals surface area contributed by atoms with E-state index in [-0.39, 0.29) is 18.5 Å². The van der Waals surface area contributed by atoms with Crippen molar-refractivity contribution in [3.63, 3.8) is 0 Å². The van der Waals surface area contributed by atoms with E-state index in [0.717, 1.165) is 11.1 Å². The maximum absolute atomic E-state index is 12.2. The number of amides is 3. The minimum atomic E-state index is -0.818. The van der Waals surface area contributed by atoms with Crippen LogP contribution in [0.2, 0.25) is 0 Å². The van der Waals surface area contributed by atoms with Gasteiger partial charge in [-0.2, -0.15) is 0 Å². The molecule has 3 N–H and O–H groups in total. The lowest BCUT2D eigenvalue weighted by molar-refractivity contribution is -0.136. The van der Waals surface area contributed by atoms with Gasteiger partial charge < -0.3 is 16.0 Å². The molecule has 26 heavy (non-hydrogen) atoms. The molecule has 2 rings (SSSR count). The second-order valence-corrected chi connectivity index (χ2v) is 6.30. The Morgan fingerprint density at radius 2 is 1.58 bits per heavy atom. The molecule has 0 aliphatic carbocycles. The molecule has 2 aromatic carbocycles. The van der Waals surface area contributed by atoms with E-state index in [1.807, 2.05) is 45.0 Å². The van der Waals surface area contributed by atoms with Crippen molar-refractivity contribution < 1.29 is 14.4 Å². The van der Waals surface area contributed by atoms with Gasteiger partial charge in [-0.25, -0.2) is 0 Å². The van der Waals surface area contributed by atoms with Crippen LogP contribution in [0.4, 0.5) is 5.69 Å². The Labute approximate surface area is 153 Å². The lowest BCUT2D eigenvalue weighted by atomic mass is 10.1. The number of nitrogens with one attached hydrogen (secondary N) is 3. The molecule has 2 aromatic rings. The maximum atomic E-state index is 12.2. The molecule has 0 aromatic heterocycles. The van der Waals surface area contributed by atoms with Crippen LogP contribution < -0.4 is 16.0 Å². The molecule has 0 fully saturated rings. The number of aryl methyl sites for hydroxylation is 1. The van der Waals surface area contributed by atoms with Gasteiger partial charge in [-0.15, -0.1) is 0 Å². The Morgan fingerprint density at radius 3 is 2.23 bits per heavy atom. The van der Waals surface area contributed by atoms with Crippen LogP contribution >= 0.6 is 0 Å². The Hall–Kier alpha value is -3.15. The number of carbonyl (C=O) groups is 3. The summed E-state index contributed by atoms with van der Waals surface area (Å²) in [6.07, 6.45) is 0. The fourth-order valence-corrected chi connectivity index (χ4v) is 2.28. The second kappa shape index (κ2) is 8.80. The molecular weight excluding hydrogens is 330 g/mol. The van der Waals surface area contributed by atoms with Crippen LogP contribution in [0.3, 0.4) is 0 Å². The summed E-state index contributed by atoms with van der Waals surface area (Å²) in [5, 5.41) is 7.83. The Kier molecular flexibility index (Phi) is 6.49. The first kappa shape index (κ1) is 19.2. The van der Waals surface area contributed by atoms with Crippen LogP contribution in [0.5, 0.6) is 0 Å². The summed E-state index contributed by atoms with van der Waals surface area (Å²) in [4.78, 5) is 36.4. The van der Waals surface area contributed by atoms with Crippen molar-refractivity contribution in [1.29, 1.82) is 0 Å². The van der Waals surface area contributed by atoms with Crippen molar-refractivity contribution in [2.45, 2.75) is 33.4 Å². The standard InChI is InChI=1S/C20H23N3O3/c1-13(2)22-18(24)16-6-4-5-7-17(16)23-20(26)19(25)21-12-15-10-8-14(3)9-11-15/h4-11,13H,12H2,1-3H3,(H,21,25)(H,22,24)(H,23,26). The van der Waals surface area contributed by atoms with Crippen molar-refractivity contribution >= 4 is 23.4 Å². The molecule has 0 aliphatic rings. The summed E-state index contributed by atoms with van der Waals surface area (Å²) in [6.45, 7) is 5.92. The highest BCUT2D eigenvalue weighted by atomic mass is 16.2. The topological polar surface area (TPSA) is 87.3 Å². The number of hydrogen-bond donors (Lipinski definition) is 3. The fraction of sp³-hybridized carbons (Fsp3) is 0.250. The van der Waals surface area contributed by atoms with Gasteiger partial charge in [0, 0.05) is 12.6 Å². The van der Waals surface area contributed by atoms with E-state index in [1.54, 1.807) is 24.3 Å². The Balaban J connectivity index is 1.99. The van der Waals surface area contributed by atoms with Gasteiger partial charge in [0.05, 0.1) is 11.3 Å². The molecule has 0 saturated carbocycles. The van der Waals surface area contributed by atoms with Crippen LogP contribution in [-0.2, 0) is 16.1 Å². The zero-order chi connectivity index (χ0) is 19.1. The first-order chi connectivity index (χ1) is 12.4. The average Bonchev–Trinajstić information content (AvgIpc) is 2.60. The van der Waals surface area contributed by atoms with Crippen molar-refractivity contribution in [3.8, 4) is 0 Å². The van der Waals surface area contributed by atoms with Crippen LogP contribution in [-0.4, -0.2) is 23.8 Å². The minimum absolute atomic E-state index is 0.0379. The summed E-state index contributed by atoms with van der Waals surface area (Å²) in [7, 11) is 0. The first-order valence-corrected chi connectivity index (χ1v) is 8.41. The minimum Gasteiger partial charge on any atom is -0.350 e. The zero-order valence-corrected chi connectivity index (χ0v) is 15.1. The molecule has 3 amide bonds. The predicted molar refractivity (Wildman–Crippen MR) is 101 cm³/mol. The number of anilines is 1. The van der Waals surface area contributed by atoms with Gasteiger partial charge in [0.15, 0.2) is 0 Å². The molecule has 6 nitrogen and oxygen atoms in total. The van der Waals surface area contributed by atoms with E-state index < -0.39 is 11.8 Å². The number of para-hydroxylation sites is 1. The van der Waals surface area contributed by atoms with Crippen LogP contribution in [0.1, 0.15) is 35.3 Å². The molecular formula is C20H23N3O3. The number of carbonyl (C=O) groups excluding carboxylic acids is 3. The third-order valence-corrected chi connectivity index (χ3v) is 3.62. The van der Waals surface area contributed by atoms with Gasteiger partial charge in [-0.05, 0) is 38.5 Å². The third kappa shape index (κ3) is 5.44. The average molecular weight is 353 g/mol. The van der Waals surface area contributed by atoms with Gasteiger partial charge in [0.1, 0.15) is 0 Å². The molecule has 0 unspecified atom stereocenters. The van der Waals surface area contributed by atoms with E-state index in [1.165, 1.54) is 0 Å². The zero-order valence-electron chi connectivity index (χ0n) is 15.1. The molecule has 0 heterocycles. The highest BCUT2D eigenvalue weighted by Gasteiger charge is 2.18. The third-order valence-electron chi connectivity index (χ3n) is 3.62. The summed E-state index contributed by atoms with van der Waals surface area (Å²) in [5.74, 6) is -1.89. The SMILES string of the molecule is Cc1ccc(CNC(=O)C(=O)Nc2ccccc2C(=O)NC(C)C)cc1. The normalized spacial score (nSPS) is 10.3. The Morgan fingerprint density at radius 1 is 0.923 bits per heavy atom. The van der Waals surface area contributed by atoms with Crippen molar-refractivity contribution in [1.82, 2.24) is 10.6 Å². The molecule has 0 aliphatic heterocycles. The van der Waals surface area contributed by atoms with E-state index in [9.17, 15) is 14.4 Å². The van der Waals surface area contributed by atoms with Gasteiger partial charge in [0.25, 0.3) is 5.91 Å². The lowest BCUT2D eigenvalue weighted by Gasteiger charge is -2.13. The summed E-state index contributed by atoms with van der Waals surface area (Å²) in [5.41, 5.74) is 2.62. The van der Waals surface area contributed by atoms with Gasteiger partial charge in [-0.1, -0.05) is 42.0 Å². The van der Waals surface area contributed by atoms with E-state index in [0.29, 0.717) is 11.3 Å². The number of benzene rings is 2. The smallest absolute Gasteiger partial charge is 0.313 e. The van der Waals surface area contributed by atoms with E-state index >= 15 is 0 Å². The van der Waals surface area contributed by atoms with Crippen LogP contribution in [0.25, 0.3) is 0 Å². The molecule has 0 spiro atoms. The predicted octanol–water partition coefficient (Wildman–Crippen LogP) is 2.39. The summed E-state index contributed by atoms with van der Waals surface area (Å²) >= 11 is 0. The number of hydrogen-bond acceptors (Lipinski definition) is 3. The van der Waals surface area contributed by atoms with Gasteiger partial charge in [0.2, 0.25) is 0 Å². The van der Waals surface area contributed by atoms with Crippen LogP contribution in [0.15, 0.2) is 48.5 Å². The maximum Gasteiger partial charge on any atom is 0.313 e. The molecule has 0 saturated heterocycles. The monoisotopic (exact) mass is 353 g/mol. The molecule has 6 heteroatoms. The fourth-order valence-electron chi connectivity index (χ4n) is 2.28. The first-order valence-electron chi connectivity index (χ1n) is 8.41. The molecule has 0 radical (unpaired) electrons. The van der Waals surface area contributed by atoms with Crippen molar-refractivity contribution in [2.75, 3.05) is 5.32 Å².